The van der Waals surface area contributed by atoms with Crippen LogP contribution in [0.2, 0.25) is 0 Å². The summed E-state index contributed by atoms with van der Waals surface area (Å²) in [4.78, 5) is 31.1. The first-order chi connectivity index (χ1) is 16.5. The van der Waals surface area contributed by atoms with Crippen molar-refractivity contribution in [1.29, 1.82) is 0 Å². The first kappa shape index (κ1) is 23.1. The Morgan fingerprint density at radius 3 is 2.41 bits per heavy atom. The number of pyridine rings is 1. The molecule has 6 heteroatoms. The molecule has 0 aliphatic heterocycles. The fraction of sp³-hybridized carbons (Fsp3) is 0.214. The number of aryl methyl sites for hydroxylation is 1. The maximum Gasteiger partial charge on any atom is 0.254 e. The second-order valence-corrected chi connectivity index (χ2v) is 8.25. The van der Waals surface area contributed by atoms with Gasteiger partial charge in [-0.3, -0.25) is 9.59 Å². The van der Waals surface area contributed by atoms with Crippen molar-refractivity contribution in [2.45, 2.75) is 19.9 Å². The Balaban J connectivity index is 1.68. The molecule has 0 aliphatic carbocycles. The van der Waals surface area contributed by atoms with E-state index in [-0.39, 0.29) is 18.0 Å². The Bertz CT molecular complexity index is 1360. The molecule has 6 nitrogen and oxygen atoms in total. The van der Waals surface area contributed by atoms with Gasteiger partial charge in [0.15, 0.2) is 11.5 Å². The lowest BCUT2D eigenvalue weighted by molar-refractivity contribution is 0.0744. The van der Waals surface area contributed by atoms with Crippen molar-refractivity contribution in [3.05, 3.63) is 105 Å². The second kappa shape index (κ2) is 10.3. The molecule has 4 aromatic rings. The summed E-state index contributed by atoms with van der Waals surface area (Å²) in [6.07, 6.45) is 0.671. The molecule has 0 saturated heterocycles. The highest BCUT2D eigenvalue weighted by molar-refractivity contribution is 5.95. The largest absolute Gasteiger partial charge is 0.493 e. The van der Waals surface area contributed by atoms with Crippen molar-refractivity contribution in [3.63, 3.8) is 0 Å². The van der Waals surface area contributed by atoms with E-state index in [9.17, 15) is 9.59 Å². The third kappa shape index (κ3) is 5.12. The predicted molar refractivity (Wildman–Crippen MR) is 134 cm³/mol. The minimum Gasteiger partial charge on any atom is -0.493 e. The van der Waals surface area contributed by atoms with Gasteiger partial charge in [0.05, 0.1) is 20.8 Å². The molecule has 0 spiro atoms. The van der Waals surface area contributed by atoms with Crippen LogP contribution in [0, 0.1) is 6.92 Å². The van der Waals surface area contributed by atoms with Crippen molar-refractivity contribution < 1.29 is 14.3 Å². The van der Waals surface area contributed by atoms with E-state index < -0.39 is 0 Å². The number of benzene rings is 3. The van der Waals surface area contributed by atoms with Crippen LogP contribution in [0.1, 0.15) is 27.0 Å². The van der Waals surface area contributed by atoms with Crippen LogP contribution in [0.4, 0.5) is 0 Å². The number of nitrogens with zero attached hydrogens (tertiary/aromatic N) is 1. The maximum absolute atomic E-state index is 13.6. The summed E-state index contributed by atoms with van der Waals surface area (Å²) in [7, 11) is 3.09. The lowest BCUT2D eigenvalue weighted by Crippen LogP contribution is -2.34. The number of hydrogen-bond acceptors (Lipinski definition) is 4. The lowest BCUT2D eigenvalue weighted by atomic mass is 10.1. The molecule has 34 heavy (non-hydrogen) atoms. The molecule has 174 valence electrons. The molecule has 3 aromatic carbocycles. The van der Waals surface area contributed by atoms with E-state index in [2.05, 4.69) is 4.98 Å². The van der Waals surface area contributed by atoms with Gasteiger partial charge in [0.2, 0.25) is 0 Å². The number of carbonyl (C=O) groups is 1. The predicted octanol–water partition coefficient (Wildman–Crippen LogP) is 4.74. The van der Waals surface area contributed by atoms with E-state index in [1.807, 2.05) is 61.5 Å². The number of aromatic nitrogens is 1. The van der Waals surface area contributed by atoms with Crippen molar-refractivity contribution in [2.24, 2.45) is 0 Å². The number of fused-ring (bicyclic) bond motifs is 1. The zero-order chi connectivity index (χ0) is 24.1. The number of rotatable bonds is 8. The van der Waals surface area contributed by atoms with Crippen LogP contribution in [-0.4, -0.2) is 36.6 Å². The van der Waals surface area contributed by atoms with Gasteiger partial charge in [-0.2, -0.15) is 0 Å². The number of methoxy groups -OCH3 is 2. The van der Waals surface area contributed by atoms with Gasteiger partial charge in [0, 0.05) is 23.2 Å². The average molecular weight is 457 g/mol. The molecular weight excluding hydrogens is 428 g/mol. The number of ether oxygens (including phenoxy) is 2. The van der Waals surface area contributed by atoms with Crippen molar-refractivity contribution in [2.75, 3.05) is 20.8 Å². The molecule has 1 N–H and O–H groups in total. The highest BCUT2D eigenvalue weighted by atomic mass is 16.5. The van der Waals surface area contributed by atoms with E-state index in [0.717, 1.165) is 22.0 Å². The van der Waals surface area contributed by atoms with Crippen LogP contribution in [0.15, 0.2) is 77.6 Å². The smallest absolute Gasteiger partial charge is 0.254 e. The van der Waals surface area contributed by atoms with Crippen LogP contribution >= 0.6 is 0 Å². The summed E-state index contributed by atoms with van der Waals surface area (Å²) >= 11 is 0. The molecular formula is C28H28N2O4. The first-order valence-electron chi connectivity index (χ1n) is 11.2. The summed E-state index contributed by atoms with van der Waals surface area (Å²) in [6, 6.07) is 22.9. The van der Waals surface area contributed by atoms with E-state index in [4.69, 9.17) is 9.47 Å². The summed E-state index contributed by atoms with van der Waals surface area (Å²) in [5.41, 5.74) is 3.82. The van der Waals surface area contributed by atoms with Gasteiger partial charge in [-0.15, -0.1) is 0 Å². The third-order valence-electron chi connectivity index (χ3n) is 5.87. The fourth-order valence-corrected chi connectivity index (χ4v) is 4.01. The van der Waals surface area contributed by atoms with Gasteiger partial charge in [0.25, 0.3) is 11.5 Å². The Kier molecular flexibility index (Phi) is 6.97. The highest BCUT2D eigenvalue weighted by Gasteiger charge is 2.20. The monoisotopic (exact) mass is 456 g/mol. The van der Waals surface area contributed by atoms with E-state index in [1.54, 1.807) is 30.2 Å². The lowest BCUT2D eigenvalue weighted by Gasteiger charge is -2.23. The molecule has 0 atom stereocenters. The topological polar surface area (TPSA) is 71.6 Å². The fourth-order valence-electron chi connectivity index (χ4n) is 4.01. The Morgan fingerprint density at radius 1 is 0.912 bits per heavy atom. The molecule has 1 amide bonds. The van der Waals surface area contributed by atoms with Crippen LogP contribution in [0.3, 0.4) is 0 Å². The molecule has 0 saturated carbocycles. The van der Waals surface area contributed by atoms with Crippen LogP contribution in [0.25, 0.3) is 10.9 Å². The van der Waals surface area contributed by atoms with Crippen LogP contribution < -0.4 is 15.0 Å². The minimum absolute atomic E-state index is 0.180. The summed E-state index contributed by atoms with van der Waals surface area (Å²) in [5, 5.41) is 0.941. The van der Waals surface area contributed by atoms with Crippen molar-refractivity contribution in [1.82, 2.24) is 9.88 Å². The molecule has 0 fully saturated rings. The molecule has 0 bridgehead atoms. The minimum atomic E-state index is -0.193. The molecule has 1 aromatic heterocycles. The van der Waals surface area contributed by atoms with Gasteiger partial charge in [-0.1, -0.05) is 42.0 Å². The number of amides is 1. The van der Waals surface area contributed by atoms with E-state index in [1.165, 1.54) is 7.11 Å². The van der Waals surface area contributed by atoms with Crippen LogP contribution in [-0.2, 0) is 13.0 Å². The number of hydrogen-bond donors (Lipinski definition) is 1. The summed E-state index contributed by atoms with van der Waals surface area (Å²) in [5.74, 6) is 0.854. The maximum atomic E-state index is 13.6. The quantitative estimate of drug-likeness (QED) is 0.416. The number of aromatic amines is 1. The van der Waals surface area contributed by atoms with Crippen molar-refractivity contribution >= 4 is 16.8 Å². The Morgan fingerprint density at radius 2 is 1.68 bits per heavy atom. The van der Waals surface area contributed by atoms with Crippen molar-refractivity contribution in [3.8, 4) is 11.5 Å². The third-order valence-corrected chi connectivity index (χ3v) is 5.87. The van der Waals surface area contributed by atoms with Gasteiger partial charge >= 0.3 is 0 Å². The van der Waals surface area contributed by atoms with E-state index >= 15 is 0 Å². The van der Waals surface area contributed by atoms with E-state index in [0.29, 0.717) is 35.6 Å². The zero-order valence-corrected chi connectivity index (χ0v) is 19.6. The molecule has 4 rings (SSSR count). The normalized spacial score (nSPS) is 10.8. The number of carbonyl (C=O) groups excluding carboxylic acids is 1. The molecule has 0 aliphatic rings. The molecule has 1 heterocycles. The average Bonchev–Trinajstić information content (AvgIpc) is 2.86. The Hall–Kier alpha value is -4.06. The van der Waals surface area contributed by atoms with Gasteiger partial charge in [-0.25, -0.2) is 0 Å². The van der Waals surface area contributed by atoms with Crippen LogP contribution in [0.5, 0.6) is 11.5 Å². The van der Waals surface area contributed by atoms with Gasteiger partial charge in [0.1, 0.15) is 0 Å². The number of H-pyrrole nitrogens is 1. The SMILES string of the molecule is COc1ccc(C(=O)N(CCc2ccccc2)Cc2cc3cc(C)ccc3[nH]c2=O)cc1OC. The Labute approximate surface area is 198 Å². The number of nitrogens with one attached hydrogen (secondary N) is 1. The van der Waals surface area contributed by atoms with Gasteiger partial charge in [-0.05, 0) is 60.7 Å². The highest BCUT2D eigenvalue weighted by Crippen LogP contribution is 2.28. The molecule has 0 unspecified atom stereocenters. The standard InChI is InChI=1S/C28H28N2O4/c1-19-9-11-24-22(15-19)16-23(27(31)29-24)18-30(14-13-20-7-5-4-6-8-20)28(32)21-10-12-25(33-2)26(17-21)34-3/h4-12,15-17H,13-14,18H2,1-3H3,(H,29,31). The van der Waals surface area contributed by atoms with Gasteiger partial charge < -0.3 is 19.4 Å². The first-order valence-corrected chi connectivity index (χ1v) is 11.2. The summed E-state index contributed by atoms with van der Waals surface area (Å²) in [6.45, 7) is 2.67. The molecule has 0 radical (unpaired) electrons. The zero-order valence-electron chi connectivity index (χ0n) is 19.6. The summed E-state index contributed by atoms with van der Waals surface area (Å²) < 4.78 is 10.7. The second-order valence-electron chi connectivity index (χ2n) is 8.25.